The molecule has 0 radical (unpaired) electrons. The second-order valence-corrected chi connectivity index (χ2v) is 8.04. The standard InChI is InChI=1S/C27H31ClN4O/c1-5-12-24-25(18(3)33-6-2)26(21-15-10-11-16-23(21)28)22(27(29)32-24)17-30-19(4)31-20-13-8-7-9-14-20/h7-11,13-17,26,30-31H,3-6,12H2,1-2H3,(H2,29,32)/b22-17-. The van der Waals surface area contributed by atoms with Crippen molar-refractivity contribution >= 4 is 23.1 Å². The molecule has 0 bridgehead atoms. The van der Waals surface area contributed by atoms with Crippen LogP contribution in [0.2, 0.25) is 5.02 Å². The average Bonchev–Trinajstić information content (AvgIpc) is 2.79. The van der Waals surface area contributed by atoms with Crippen LogP contribution in [0.15, 0.2) is 107 Å². The second-order valence-electron chi connectivity index (χ2n) is 7.63. The van der Waals surface area contributed by atoms with Gasteiger partial charge < -0.3 is 21.1 Å². The molecule has 5 nitrogen and oxygen atoms in total. The van der Waals surface area contributed by atoms with Crippen molar-refractivity contribution < 1.29 is 4.74 Å². The van der Waals surface area contributed by atoms with Gasteiger partial charge in [0.2, 0.25) is 0 Å². The number of amidine groups is 1. The number of rotatable bonds is 10. The van der Waals surface area contributed by atoms with E-state index in [0.29, 0.717) is 29.0 Å². The number of hydrogen-bond acceptors (Lipinski definition) is 5. The van der Waals surface area contributed by atoms with E-state index in [-0.39, 0.29) is 5.92 Å². The Balaban J connectivity index is 2.05. The SMILES string of the molecule is C=C(N/C=C1\C(N)=NC(CCC)=C(C(=C)OCC)C1c1ccccc1Cl)Nc1ccccc1. The molecule has 1 unspecified atom stereocenters. The lowest BCUT2D eigenvalue weighted by molar-refractivity contribution is 0.236. The molecule has 0 amide bonds. The van der Waals surface area contributed by atoms with Crippen LogP contribution in [0.4, 0.5) is 5.69 Å². The van der Waals surface area contributed by atoms with Crippen LogP contribution in [0.25, 0.3) is 0 Å². The smallest absolute Gasteiger partial charge is 0.129 e. The fraction of sp³-hybridized carbons (Fsp3) is 0.222. The van der Waals surface area contributed by atoms with Crippen molar-refractivity contribution in [2.45, 2.75) is 32.6 Å². The van der Waals surface area contributed by atoms with E-state index in [4.69, 9.17) is 27.1 Å². The van der Waals surface area contributed by atoms with Crippen LogP contribution >= 0.6 is 11.6 Å². The molecule has 1 aliphatic rings. The molecule has 0 aromatic heterocycles. The van der Waals surface area contributed by atoms with Gasteiger partial charge in [-0.2, -0.15) is 0 Å². The topological polar surface area (TPSA) is 71.7 Å². The Bertz CT molecular complexity index is 1100. The third-order valence-corrected chi connectivity index (χ3v) is 5.60. The van der Waals surface area contributed by atoms with Crippen molar-refractivity contribution in [3.05, 3.63) is 113 Å². The van der Waals surface area contributed by atoms with Gasteiger partial charge in [0.1, 0.15) is 11.6 Å². The van der Waals surface area contributed by atoms with E-state index in [1.165, 1.54) is 0 Å². The number of anilines is 1. The summed E-state index contributed by atoms with van der Waals surface area (Å²) in [5.41, 5.74) is 10.9. The Hall–Kier alpha value is -3.44. The highest BCUT2D eigenvalue weighted by Crippen LogP contribution is 2.44. The third kappa shape index (κ3) is 5.88. The van der Waals surface area contributed by atoms with Crippen LogP contribution in [0.3, 0.4) is 0 Å². The van der Waals surface area contributed by atoms with Gasteiger partial charge in [0, 0.05) is 34.0 Å². The van der Waals surface area contributed by atoms with E-state index in [2.05, 4.69) is 30.7 Å². The molecule has 6 heteroatoms. The fourth-order valence-electron chi connectivity index (χ4n) is 3.83. The van der Waals surface area contributed by atoms with Crippen LogP contribution < -0.4 is 16.4 Å². The Morgan fingerprint density at radius 2 is 1.82 bits per heavy atom. The molecule has 3 rings (SSSR count). The van der Waals surface area contributed by atoms with Crippen molar-refractivity contribution in [1.82, 2.24) is 5.32 Å². The molecule has 172 valence electrons. The Morgan fingerprint density at radius 1 is 1.12 bits per heavy atom. The first kappa shape index (κ1) is 24.2. The number of nitrogens with two attached hydrogens (primary N) is 1. The van der Waals surface area contributed by atoms with E-state index in [1.807, 2.05) is 67.7 Å². The summed E-state index contributed by atoms with van der Waals surface area (Å²) < 4.78 is 5.85. The molecule has 0 saturated carbocycles. The zero-order valence-corrected chi connectivity index (χ0v) is 20.0. The predicted molar refractivity (Wildman–Crippen MR) is 139 cm³/mol. The number of nitrogens with one attached hydrogen (secondary N) is 2. The van der Waals surface area contributed by atoms with Gasteiger partial charge in [-0.05, 0) is 37.1 Å². The van der Waals surface area contributed by atoms with E-state index >= 15 is 0 Å². The molecular formula is C27H31ClN4O. The van der Waals surface area contributed by atoms with Crippen LogP contribution in [0.5, 0.6) is 0 Å². The van der Waals surface area contributed by atoms with Crippen molar-refractivity contribution in [3.8, 4) is 0 Å². The molecule has 0 aliphatic carbocycles. The normalized spacial score (nSPS) is 16.9. The summed E-state index contributed by atoms with van der Waals surface area (Å²) in [6.45, 7) is 12.8. The van der Waals surface area contributed by atoms with Crippen LogP contribution in [0, 0.1) is 0 Å². The molecule has 0 saturated heterocycles. The zero-order valence-electron chi connectivity index (χ0n) is 19.2. The van der Waals surface area contributed by atoms with Crippen molar-refractivity contribution in [3.63, 3.8) is 0 Å². The largest absolute Gasteiger partial charge is 0.494 e. The maximum Gasteiger partial charge on any atom is 0.129 e. The van der Waals surface area contributed by atoms with Crippen molar-refractivity contribution in [2.75, 3.05) is 11.9 Å². The Morgan fingerprint density at radius 3 is 2.48 bits per heavy atom. The van der Waals surface area contributed by atoms with Crippen molar-refractivity contribution in [1.29, 1.82) is 0 Å². The number of aliphatic imine (C=N–C) groups is 1. The number of halogens is 1. The number of nitrogens with zero attached hydrogens (tertiary/aromatic N) is 1. The highest BCUT2D eigenvalue weighted by atomic mass is 35.5. The molecule has 0 spiro atoms. The van der Waals surface area contributed by atoms with E-state index in [9.17, 15) is 0 Å². The van der Waals surface area contributed by atoms with Gasteiger partial charge in [-0.3, -0.25) is 0 Å². The number of allylic oxidation sites excluding steroid dienone is 2. The molecule has 0 fully saturated rings. The summed E-state index contributed by atoms with van der Waals surface area (Å²) >= 11 is 6.66. The molecule has 2 aromatic rings. The first-order chi connectivity index (χ1) is 16.0. The summed E-state index contributed by atoms with van der Waals surface area (Å²) in [5.74, 6) is 1.33. The Labute approximate surface area is 201 Å². The molecule has 1 heterocycles. The molecular weight excluding hydrogens is 432 g/mol. The van der Waals surface area contributed by atoms with Crippen LogP contribution in [-0.4, -0.2) is 12.4 Å². The molecule has 1 aliphatic heterocycles. The Kier molecular flexibility index (Phi) is 8.39. The number of benzene rings is 2. The van der Waals surface area contributed by atoms with Gasteiger partial charge in [-0.1, -0.05) is 74.5 Å². The number of para-hydroxylation sites is 1. The summed E-state index contributed by atoms with van der Waals surface area (Å²) in [6.07, 6.45) is 3.50. The van der Waals surface area contributed by atoms with E-state index in [1.54, 1.807) is 0 Å². The molecule has 1 atom stereocenters. The van der Waals surface area contributed by atoms with Crippen LogP contribution in [0.1, 0.15) is 38.2 Å². The molecule has 33 heavy (non-hydrogen) atoms. The molecule has 4 N–H and O–H groups in total. The van der Waals surface area contributed by atoms with Crippen LogP contribution in [-0.2, 0) is 4.74 Å². The minimum absolute atomic E-state index is 0.283. The summed E-state index contributed by atoms with van der Waals surface area (Å²) in [7, 11) is 0. The summed E-state index contributed by atoms with van der Waals surface area (Å²) in [6, 6.07) is 17.6. The van der Waals surface area contributed by atoms with E-state index in [0.717, 1.165) is 40.9 Å². The van der Waals surface area contributed by atoms with Gasteiger partial charge in [-0.15, -0.1) is 0 Å². The maximum atomic E-state index is 6.66. The second kappa shape index (κ2) is 11.4. The zero-order chi connectivity index (χ0) is 23.8. The fourth-order valence-corrected chi connectivity index (χ4v) is 4.07. The molecule has 2 aromatic carbocycles. The van der Waals surface area contributed by atoms with Gasteiger partial charge >= 0.3 is 0 Å². The lowest BCUT2D eigenvalue weighted by atomic mass is 9.80. The first-order valence-electron chi connectivity index (χ1n) is 11.1. The average molecular weight is 463 g/mol. The predicted octanol–water partition coefficient (Wildman–Crippen LogP) is 6.46. The van der Waals surface area contributed by atoms with Gasteiger partial charge in [0.15, 0.2) is 0 Å². The van der Waals surface area contributed by atoms with E-state index < -0.39 is 0 Å². The lowest BCUT2D eigenvalue weighted by Gasteiger charge is -2.31. The van der Waals surface area contributed by atoms with Gasteiger partial charge in [0.05, 0.1) is 18.1 Å². The van der Waals surface area contributed by atoms with Crippen molar-refractivity contribution in [2.24, 2.45) is 10.7 Å². The number of hydrogen-bond donors (Lipinski definition) is 3. The lowest BCUT2D eigenvalue weighted by Crippen LogP contribution is -2.29. The maximum absolute atomic E-state index is 6.66. The van der Waals surface area contributed by atoms with Gasteiger partial charge in [0.25, 0.3) is 0 Å². The third-order valence-electron chi connectivity index (χ3n) is 5.25. The summed E-state index contributed by atoms with van der Waals surface area (Å²) in [4.78, 5) is 4.74. The monoisotopic (exact) mass is 462 g/mol. The highest BCUT2D eigenvalue weighted by molar-refractivity contribution is 6.31. The number of ether oxygens (including phenoxy) is 1. The minimum atomic E-state index is -0.283. The minimum Gasteiger partial charge on any atom is -0.494 e. The quantitative estimate of drug-likeness (QED) is 0.354. The van der Waals surface area contributed by atoms with Gasteiger partial charge in [-0.25, -0.2) is 4.99 Å². The first-order valence-corrected chi connectivity index (χ1v) is 11.5. The highest BCUT2D eigenvalue weighted by Gasteiger charge is 2.33. The summed E-state index contributed by atoms with van der Waals surface area (Å²) in [5, 5.41) is 7.10.